The van der Waals surface area contributed by atoms with Crippen LogP contribution in [0.2, 0.25) is 0 Å². The lowest BCUT2D eigenvalue weighted by Crippen LogP contribution is -2.46. The molecule has 2 saturated carbocycles. The van der Waals surface area contributed by atoms with Crippen LogP contribution in [0.5, 0.6) is 0 Å². The monoisotopic (exact) mass is 290 g/mol. The molecule has 21 heavy (non-hydrogen) atoms. The van der Waals surface area contributed by atoms with Crippen LogP contribution in [-0.2, 0) is 4.79 Å². The van der Waals surface area contributed by atoms with Crippen LogP contribution >= 0.6 is 0 Å². The lowest BCUT2D eigenvalue weighted by molar-refractivity contribution is -0.138. The molecule has 1 spiro atoms. The van der Waals surface area contributed by atoms with Gasteiger partial charge in [-0.3, -0.25) is 4.79 Å². The van der Waals surface area contributed by atoms with Gasteiger partial charge in [0.05, 0.1) is 5.92 Å². The molecule has 1 N–H and O–H groups in total. The standard InChI is InChI=1S/C18H30N2O/c1-4-12-10-19-11-14(12)16(21)20-8-7-18-6-5-13(9-15(18)20)17(18,2)3/h12-15,19H,4-11H2,1-3H3/t12-,13?,14+,15+,18+/m1/s1. The van der Waals surface area contributed by atoms with Crippen molar-refractivity contribution in [3.8, 4) is 0 Å². The van der Waals surface area contributed by atoms with Crippen molar-refractivity contribution in [1.29, 1.82) is 0 Å². The van der Waals surface area contributed by atoms with Crippen molar-refractivity contribution in [2.45, 2.75) is 58.9 Å². The number of nitrogens with zero attached hydrogens (tertiary/aromatic N) is 1. The quantitative estimate of drug-likeness (QED) is 0.848. The minimum atomic E-state index is 0.243. The molecular formula is C18H30N2O. The third-order valence-electron chi connectivity index (χ3n) is 8.03. The van der Waals surface area contributed by atoms with Crippen LogP contribution in [0.25, 0.3) is 0 Å². The Balaban J connectivity index is 1.58. The molecule has 5 atom stereocenters. The van der Waals surface area contributed by atoms with E-state index in [0.29, 0.717) is 28.7 Å². The second-order valence-electron chi connectivity index (χ2n) is 8.58. The van der Waals surface area contributed by atoms with Crippen LogP contribution in [0.15, 0.2) is 0 Å². The van der Waals surface area contributed by atoms with E-state index in [9.17, 15) is 4.79 Å². The van der Waals surface area contributed by atoms with Crippen LogP contribution in [0, 0.1) is 28.6 Å². The maximum Gasteiger partial charge on any atom is 0.227 e. The number of fused-ring (bicyclic) bond motifs is 1. The van der Waals surface area contributed by atoms with Gasteiger partial charge in [-0.2, -0.15) is 0 Å². The van der Waals surface area contributed by atoms with E-state index < -0.39 is 0 Å². The molecule has 118 valence electrons. The highest BCUT2D eigenvalue weighted by molar-refractivity contribution is 5.80. The molecule has 1 amide bonds. The highest BCUT2D eigenvalue weighted by Gasteiger charge is 2.68. The van der Waals surface area contributed by atoms with E-state index >= 15 is 0 Å². The Labute approximate surface area is 128 Å². The van der Waals surface area contributed by atoms with Gasteiger partial charge in [0.2, 0.25) is 5.91 Å². The lowest BCUT2D eigenvalue weighted by Gasteiger charge is -2.39. The Morgan fingerprint density at radius 2 is 2.10 bits per heavy atom. The topological polar surface area (TPSA) is 32.3 Å². The maximum absolute atomic E-state index is 13.1. The molecule has 4 rings (SSSR count). The van der Waals surface area contributed by atoms with Crippen molar-refractivity contribution in [1.82, 2.24) is 10.2 Å². The number of nitrogens with one attached hydrogen (secondary N) is 1. The second-order valence-corrected chi connectivity index (χ2v) is 8.58. The van der Waals surface area contributed by atoms with Crippen molar-refractivity contribution in [2.75, 3.05) is 19.6 Å². The Kier molecular flexibility index (Phi) is 2.99. The van der Waals surface area contributed by atoms with Gasteiger partial charge in [0.25, 0.3) is 0 Å². The van der Waals surface area contributed by atoms with E-state index in [1.807, 2.05) is 0 Å². The zero-order chi connectivity index (χ0) is 14.8. The Hall–Kier alpha value is -0.570. The number of carbonyl (C=O) groups excluding carboxylic acids is 1. The summed E-state index contributed by atoms with van der Waals surface area (Å²) >= 11 is 0. The van der Waals surface area contributed by atoms with E-state index in [-0.39, 0.29) is 5.92 Å². The van der Waals surface area contributed by atoms with Gasteiger partial charge in [-0.1, -0.05) is 27.2 Å². The molecule has 0 radical (unpaired) electrons. The van der Waals surface area contributed by atoms with E-state index in [0.717, 1.165) is 32.0 Å². The number of amides is 1. The molecule has 0 aromatic carbocycles. The minimum absolute atomic E-state index is 0.243. The van der Waals surface area contributed by atoms with Crippen molar-refractivity contribution in [2.24, 2.45) is 28.6 Å². The molecule has 2 bridgehead atoms. The van der Waals surface area contributed by atoms with Gasteiger partial charge in [0, 0.05) is 19.1 Å². The summed E-state index contributed by atoms with van der Waals surface area (Å²) < 4.78 is 0. The van der Waals surface area contributed by atoms with Gasteiger partial charge in [0.1, 0.15) is 0 Å². The van der Waals surface area contributed by atoms with Crippen molar-refractivity contribution in [3.05, 3.63) is 0 Å². The number of hydrogen-bond donors (Lipinski definition) is 1. The molecule has 2 heterocycles. The molecule has 2 aliphatic carbocycles. The van der Waals surface area contributed by atoms with Crippen LogP contribution in [0.1, 0.15) is 52.9 Å². The average Bonchev–Trinajstić information content (AvgIpc) is 3.18. The fourth-order valence-corrected chi connectivity index (χ4v) is 6.47. The van der Waals surface area contributed by atoms with Gasteiger partial charge in [0.15, 0.2) is 0 Å². The van der Waals surface area contributed by atoms with E-state index in [1.54, 1.807) is 0 Å². The van der Waals surface area contributed by atoms with Crippen LogP contribution < -0.4 is 5.32 Å². The zero-order valence-electron chi connectivity index (χ0n) is 13.8. The summed E-state index contributed by atoms with van der Waals surface area (Å²) in [6, 6.07) is 0.553. The highest BCUT2D eigenvalue weighted by atomic mass is 16.2. The SMILES string of the molecule is CC[C@@H]1CNC[C@@H]1C(=O)N1CC[C@@]23CCC(C[C@H]12)C3(C)C. The Morgan fingerprint density at radius 3 is 2.81 bits per heavy atom. The predicted octanol–water partition coefficient (Wildman–Crippen LogP) is 2.66. The van der Waals surface area contributed by atoms with Gasteiger partial charge in [-0.05, 0) is 54.9 Å². The second kappa shape index (κ2) is 4.47. The van der Waals surface area contributed by atoms with E-state index in [2.05, 4.69) is 31.0 Å². The molecule has 0 aromatic rings. The first-order chi connectivity index (χ1) is 10.0. The lowest BCUT2D eigenvalue weighted by atomic mass is 9.67. The molecule has 2 saturated heterocycles. The largest absolute Gasteiger partial charge is 0.339 e. The number of likely N-dealkylation sites (tertiary alicyclic amines) is 1. The molecular weight excluding hydrogens is 260 g/mol. The van der Waals surface area contributed by atoms with E-state index in [1.165, 1.54) is 25.7 Å². The first-order valence-corrected chi connectivity index (χ1v) is 9.02. The number of hydrogen-bond acceptors (Lipinski definition) is 2. The fourth-order valence-electron chi connectivity index (χ4n) is 6.47. The summed E-state index contributed by atoms with van der Waals surface area (Å²) in [6.07, 6.45) is 6.41. The molecule has 4 aliphatic rings. The third-order valence-corrected chi connectivity index (χ3v) is 8.03. The van der Waals surface area contributed by atoms with Gasteiger partial charge >= 0.3 is 0 Å². The fraction of sp³-hybridized carbons (Fsp3) is 0.944. The number of carbonyl (C=O) groups is 1. The van der Waals surface area contributed by atoms with Crippen LogP contribution in [-0.4, -0.2) is 36.5 Å². The number of rotatable bonds is 2. The zero-order valence-corrected chi connectivity index (χ0v) is 13.8. The minimum Gasteiger partial charge on any atom is -0.339 e. The summed E-state index contributed by atoms with van der Waals surface area (Å²) in [5.41, 5.74) is 0.895. The van der Waals surface area contributed by atoms with Crippen LogP contribution in [0.3, 0.4) is 0 Å². The molecule has 0 aromatic heterocycles. The van der Waals surface area contributed by atoms with Gasteiger partial charge in [-0.15, -0.1) is 0 Å². The first kappa shape index (κ1) is 14.0. The molecule has 4 fully saturated rings. The van der Waals surface area contributed by atoms with Crippen molar-refractivity contribution >= 4 is 5.91 Å². The normalized spacial score (nSPS) is 47.1. The van der Waals surface area contributed by atoms with Gasteiger partial charge < -0.3 is 10.2 Å². The molecule has 3 heteroatoms. The summed E-state index contributed by atoms with van der Waals surface area (Å²) in [6.45, 7) is 10.1. The smallest absolute Gasteiger partial charge is 0.227 e. The van der Waals surface area contributed by atoms with Gasteiger partial charge in [-0.25, -0.2) is 0 Å². The molecule has 2 aliphatic heterocycles. The summed E-state index contributed by atoms with van der Waals surface area (Å²) in [5, 5.41) is 3.44. The average molecular weight is 290 g/mol. The van der Waals surface area contributed by atoms with Crippen molar-refractivity contribution in [3.63, 3.8) is 0 Å². The first-order valence-electron chi connectivity index (χ1n) is 9.02. The Bertz CT molecular complexity index is 460. The summed E-state index contributed by atoms with van der Waals surface area (Å²) in [4.78, 5) is 15.5. The maximum atomic E-state index is 13.1. The summed E-state index contributed by atoms with van der Waals surface area (Å²) in [5.74, 6) is 2.12. The van der Waals surface area contributed by atoms with Crippen molar-refractivity contribution < 1.29 is 4.79 Å². The molecule has 3 nitrogen and oxygen atoms in total. The summed E-state index contributed by atoms with van der Waals surface area (Å²) in [7, 11) is 0. The van der Waals surface area contributed by atoms with E-state index in [4.69, 9.17) is 0 Å². The third kappa shape index (κ3) is 1.62. The molecule has 1 unspecified atom stereocenters. The highest BCUT2D eigenvalue weighted by Crippen LogP contribution is 2.70. The predicted molar refractivity (Wildman–Crippen MR) is 83.8 cm³/mol. The van der Waals surface area contributed by atoms with Crippen LogP contribution in [0.4, 0.5) is 0 Å². The Morgan fingerprint density at radius 1 is 1.29 bits per heavy atom.